The molecule has 2 N–H and O–H groups in total. The summed E-state index contributed by atoms with van der Waals surface area (Å²) < 4.78 is 25.1. The van der Waals surface area contributed by atoms with Crippen molar-refractivity contribution in [3.05, 3.63) is 60.4 Å². The van der Waals surface area contributed by atoms with Gasteiger partial charge in [-0.05, 0) is 30.7 Å². The van der Waals surface area contributed by atoms with Crippen molar-refractivity contribution in [2.24, 2.45) is 4.99 Å². The van der Waals surface area contributed by atoms with Crippen molar-refractivity contribution in [3.63, 3.8) is 0 Å². The maximum absolute atomic E-state index is 12.6. The van der Waals surface area contributed by atoms with E-state index in [0.29, 0.717) is 23.8 Å². The molecule has 6 nitrogen and oxygen atoms in total. The summed E-state index contributed by atoms with van der Waals surface area (Å²) in [5.74, 6) is 0.616. The van der Waals surface area contributed by atoms with Crippen LogP contribution in [0.25, 0.3) is 0 Å². The number of sulfone groups is 1. The van der Waals surface area contributed by atoms with Gasteiger partial charge in [-0.1, -0.05) is 31.2 Å². The molecular weight excluding hydrogens is 348 g/mol. The molecule has 2 rings (SSSR count). The predicted molar refractivity (Wildman–Crippen MR) is 105 cm³/mol. The Morgan fingerprint density at radius 2 is 1.88 bits per heavy atom. The third-order valence-corrected chi connectivity index (χ3v) is 5.81. The maximum atomic E-state index is 12.6. The van der Waals surface area contributed by atoms with Crippen molar-refractivity contribution < 1.29 is 8.42 Å². The Morgan fingerprint density at radius 1 is 1.15 bits per heavy atom. The molecule has 0 aliphatic heterocycles. The van der Waals surface area contributed by atoms with Gasteiger partial charge in [-0.15, -0.1) is 0 Å². The summed E-state index contributed by atoms with van der Waals surface area (Å²) in [6.45, 7) is 2.62. The third kappa shape index (κ3) is 6.15. The SMILES string of the molecule is CCC(CS(=O)(=O)c1ccccc1)NC(=NC)NCCc1ccccn1. The van der Waals surface area contributed by atoms with Gasteiger partial charge in [-0.25, -0.2) is 8.42 Å². The second-order valence-corrected chi connectivity index (χ2v) is 7.95. The van der Waals surface area contributed by atoms with Crippen LogP contribution in [0.3, 0.4) is 0 Å². The zero-order valence-corrected chi connectivity index (χ0v) is 16.0. The average molecular weight is 375 g/mol. The molecule has 1 atom stereocenters. The van der Waals surface area contributed by atoms with Gasteiger partial charge in [-0.2, -0.15) is 0 Å². The first-order chi connectivity index (χ1) is 12.5. The number of guanidine groups is 1. The minimum absolute atomic E-state index is 0.0223. The molecule has 0 bridgehead atoms. The van der Waals surface area contributed by atoms with Crippen LogP contribution >= 0.6 is 0 Å². The average Bonchev–Trinajstić information content (AvgIpc) is 2.67. The van der Waals surface area contributed by atoms with E-state index in [9.17, 15) is 8.42 Å². The van der Waals surface area contributed by atoms with E-state index in [4.69, 9.17) is 0 Å². The molecule has 0 aliphatic rings. The summed E-state index contributed by atoms with van der Waals surface area (Å²) in [5.41, 5.74) is 0.995. The van der Waals surface area contributed by atoms with Crippen LogP contribution < -0.4 is 10.6 Å². The highest BCUT2D eigenvalue weighted by Crippen LogP contribution is 2.12. The Hall–Kier alpha value is -2.41. The molecule has 1 aromatic carbocycles. The highest BCUT2D eigenvalue weighted by Gasteiger charge is 2.20. The Balaban J connectivity index is 1.90. The first-order valence-electron chi connectivity index (χ1n) is 8.70. The largest absolute Gasteiger partial charge is 0.356 e. The molecule has 0 saturated carbocycles. The van der Waals surface area contributed by atoms with Crippen molar-refractivity contribution in [1.82, 2.24) is 15.6 Å². The van der Waals surface area contributed by atoms with Gasteiger partial charge in [0.15, 0.2) is 15.8 Å². The van der Waals surface area contributed by atoms with Crippen LogP contribution in [0.1, 0.15) is 19.0 Å². The molecule has 1 unspecified atom stereocenters. The highest BCUT2D eigenvalue weighted by atomic mass is 32.2. The van der Waals surface area contributed by atoms with Crippen molar-refractivity contribution in [3.8, 4) is 0 Å². The number of benzene rings is 1. The number of nitrogens with zero attached hydrogens (tertiary/aromatic N) is 2. The van der Waals surface area contributed by atoms with Crippen molar-refractivity contribution >= 4 is 15.8 Å². The maximum Gasteiger partial charge on any atom is 0.191 e. The van der Waals surface area contributed by atoms with Gasteiger partial charge in [0.05, 0.1) is 10.6 Å². The number of hydrogen-bond donors (Lipinski definition) is 2. The quantitative estimate of drug-likeness (QED) is 0.546. The lowest BCUT2D eigenvalue weighted by Crippen LogP contribution is -2.46. The topological polar surface area (TPSA) is 83.5 Å². The summed E-state index contributed by atoms with van der Waals surface area (Å²) in [7, 11) is -1.67. The predicted octanol–water partition coefficient (Wildman–Crippen LogP) is 2.04. The van der Waals surface area contributed by atoms with E-state index in [-0.39, 0.29) is 11.8 Å². The second-order valence-electron chi connectivity index (χ2n) is 5.91. The Morgan fingerprint density at radius 3 is 2.50 bits per heavy atom. The molecule has 7 heteroatoms. The van der Waals surface area contributed by atoms with E-state index in [0.717, 1.165) is 12.1 Å². The first kappa shape index (κ1) is 19.9. The number of hydrogen-bond acceptors (Lipinski definition) is 4. The molecular formula is C19H26N4O2S. The fraction of sp³-hybridized carbons (Fsp3) is 0.368. The van der Waals surface area contributed by atoms with Gasteiger partial charge in [0.1, 0.15) is 0 Å². The summed E-state index contributed by atoms with van der Waals surface area (Å²) in [5, 5.41) is 6.42. The van der Waals surface area contributed by atoms with Crippen LogP contribution in [0.2, 0.25) is 0 Å². The number of aliphatic imine (C=N–C) groups is 1. The van der Waals surface area contributed by atoms with E-state index in [2.05, 4.69) is 20.6 Å². The van der Waals surface area contributed by atoms with Crippen LogP contribution in [0.4, 0.5) is 0 Å². The molecule has 0 spiro atoms. The number of rotatable bonds is 8. The first-order valence-corrected chi connectivity index (χ1v) is 10.3. The molecule has 0 amide bonds. The normalized spacial score (nSPS) is 13.2. The molecule has 0 saturated heterocycles. The van der Waals surface area contributed by atoms with Gasteiger partial charge in [0, 0.05) is 37.9 Å². The third-order valence-electron chi connectivity index (χ3n) is 3.98. The molecule has 140 valence electrons. The lowest BCUT2D eigenvalue weighted by Gasteiger charge is -2.20. The smallest absolute Gasteiger partial charge is 0.191 e. The number of nitrogens with one attached hydrogen (secondary N) is 2. The summed E-state index contributed by atoms with van der Waals surface area (Å²) in [6.07, 6.45) is 3.21. The van der Waals surface area contributed by atoms with Crippen molar-refractivity contribution in [1.29, 1.82) is 0 Å². The summed E-state index contributed by atoms with van der Waals surface area (Å²) >= 11 is 0. The van der Waals surface area contributed by atoms with Crippen molar-refractivity contribution in [2.75, 3.05) is 19.3 Å². The van der Waals surface area contributed by atoms with Gasteiger partial charge < -0.3 is 10.6 Å². The van der Waals surface area contributed by atoms with Gasteiger partial charge >= 0.3 is 0 Å². The molecule has 2 aromatic rings. The standard InChI is InChI=1S/C19H26N4O2S/c1-3-16(15-26(24,25)18-10-5-4-6-11-18)23-19(20-2)22-14-12-17-9-7-8-13-21-17/h4-11,13,16H,3,12,14-15H2,1-2H3,(H2,20,22,23). The second kappa shape index (κ2) is 9.91. The number of aromatic nitrogens is 1. The Bertz CT molecular complexity index is 793. The fourth-order valence-electron chi connectivity index (χ4n) is 2.49. The van der Waals surface area contributed by atoms with Crippen LogP contribution in [0.15, 0.2) is 64.6 Å². The van der Waals surface area contributed by atoms with Crippen molar-refractivity contribution in [2.45, 2.75) is 30.7 Å². The summed E-state index contributed by atoms with van der Waals surface area (Å²) in [6, 6.07) is 14.1. The van der Waals surface area contributed by atoms with Gasteiger partial charge in [0.25, 0.3) is 0 Å². The molecule has 1 aromatic heterocycles. The van der Waals surface area contributed by atoms with Crippen LogP contribution in [0.5, 0.6) is 0 Å². The zero-order valence-electron chi connectivity index (χ0n) is 15.2. The lowest BCUT2D eigenvalue weighted by atomic mass is 10.2. The highest BCUT2D eigenvalue weighted by molar-refractivity contribution is 7.91. The molecule has 0 aliphatic carbocycles. The zero-order chi connectivity index (χ0) is 18.8. The molecule has 0 fully saturated rings. The Kier molecular flexibility index (Phi) is 7.59. The fourth-order valence-corrected chi connectivity index (χ4v) is 4.11. The molecule has 1 heterocycles. The van der Waals surface area contributed by atoms with Crippen LogP contribution in [-0.2, 0) is 16.3 Å². The van der Waals surface area contributed by atoms with E-state index < -0.39 is 9.84 Å². The minimum Gasteiger partial charge on any atom is -0.356 e. The van der Waals surface area contributed by atoms with E-state index in [1.54, 1.807) is 37.5 Å². The number of pyridine rings is 1. The van der Waals surface area contributed by atoms with E-state index >= 15 is 0 Å². The Labute approximate surface area is 155 Å². The lowest BCUT2D eigenvalue weighted by molar-refractivity contribution is 0.569. The van der Waals surface area contributed by atoms with E-state index in [1.165, 1.54) is 0 Å². The van der Waals surface area contributed by atoms with E-state index in [1.807, 2.05) is 31.2 Å². The monoisotopic (exact) mass is 374 g/mol. The molecule has 26 heavy (non-hydrogen) atoms. The van der Waals surface area contributed by atoms with Gasteiger partial charge in [0.2, 0.25) is 0 Å². The summed E-state index contributed by atoms with van der Waals surface area (Å²) in [4.78, 5) is 8.82. The molecule has 0 radical (unpaired) electrons. The van der Waals surface area contributed by atoms with Crippen LogP contribution in [0, 0.1) is 0 Å². The van der Waals surface area contributed by atoms with Gasteiger partial charge in [-0.3, -0.25) is 9.98 Å². The minimum atomic E-state index is -3.34. The van der Waals surface area contributed by atoms with Crippen LogP contribution in [-0.4, -0.2) is 44.7 Å².